The molecule has 0 N–H and O–H groups in total. The molecule has 0 aromatic rings. The van der Waals surface area contributed by atoms with E-state index in [0.717, 1.165) is 11.1 Å². The third-order valence-electron chi connectivity index (χ3n) is 3.88. The zero-order chi connectivity index (χ0) is 24.2. The number of halogens is 12. The second kappa shape index (κ2) is 8.96. The average Bonchev–Trinajstić information content (AvgIpc) is 2.57. The topological polar surface area (TPSA) is 58.9 Å². The van der Waals surface area contributed by atoms with Crippen LogP contribution in [0.4, 0.5) is 52.7 Å². The van der Waals surface area contributed by atoms with Crippen molar-refractivity contribution in [3.05, 3.63) is 0 Å². The highest BCUT2D eigenvalue weighted by Crippen LogP contribution is 2.60. The van der Waals surface area contributed by atoms with Crippen LogP contribution in [-0.4, -0.2) is 53.9 Å². The molecule has 30 heavy (non-hydrogen) atoms. The Balaban J connectivity index is 5.91. The van der Waals surface area contributed by atoms with Gasteiger partial charge in [-0.1, -0.05) is 6.42 Å². The van der Waals surface area contributed by atoms with Crippen molar-refractivity contribution in [1.82, 2.24) is 0 Å². The quantitative estimate of drug-likeness (QED) is 0.135. The van der Waals surface area contributed by atoms with E-state index in [0.29, 0.717) is 0 Å². The molecule has 0 aliphatic carbocycles. The van der Waals surface area contributed by atoms with Crippen molar-refractivity contribution in [2.75, 3.05) is 0 Å². The molecule has 0 heterocycles. The van der Waals surface area contributed by atoms with Crippen molar-refractivity contribution < 1.29 is 62.3 Å². The minimum atomic E-state index is -7.65. The Morgan fingerprint density at radius 2 is 1.23 bits per heavy atom. The number of aliphatic imine (C=N–C) groups is 2. The minimum Gasteiger partial charge on any atom is -0.211 e. The Bertz CT molecular complexity index is 696. The molecular formula is C14H12F12N2O2. The van der Waals surface area contributed by atoms with Crippen LogP contribution in [0.25, 0.3) is 0 Å². The van der Waals surface area contributed by atoms with E-state index in [1.165, 1.54) is 6.92 Å². The molecule has 0 saturated carbocycles. The van der Waals surface area contributed by atoms with E-state index < -0.39 is 67.0 Å². The summed E-state index contributed by atoms with van der Waals surface area (Å²) in [5, 5.41) is 0. The summed E-state index contributed by atoms with van der Waals surface area (Å²) in [5.74, 6) is -35.5. The molecule has 0 bridgehead atoms. The first-order valence-electron chi connectivity index (χ1n) is 7.69. The molecule has 0 rings (SSSR count). The largest absolute Gasteiger partial charge is 0.451 e. The average molecular weight is 468 g/mol. The van der Waals surface area contributed by atoms with Crippen molar-refractivity contribution in [3.8, 4) is 0 Å². The number of rotatable bonds is 11. The lowest BCUT2D eigenvalue weighted by Gasteiger charge is -2.40. The summed E-state index contributed by atoms with van der Waals surface area (Å²) in [6, 6.07) is -0.831. The highest BCUT2D eigenvalue weighted by molar-refractivity contribution is 5.36. The van der Waals surface area contributed by atoms with Crippen LogP contribution in [0.15, 0.2) is 9.98 Å². The van der Waals surface area contributed by atoms with Gasteiger partial charge in [0.1, 0.15) is 0 Å². The van der Waals surface area contributed by atoms with E-state index in [1.54, 1.807) is 0 Å². The molecule has 0 amide bonds. The highest BCUT2D eigenvalue weighted by Gasteiger charge is 2.90. The predicted octanol–water partition coefficient (Wildman–Crippen LogP) is 5.38. The molecule has 0 aromatic carbocycles. The van der Waals surface area contributed by atoms with E-state index in [-0.39, 0.29) is 6.42 Å². The van der Waals surface area contributed by atoms with Gasteiger partial charge in [0.25, 0.3) is 0 Å². The van der Waals surface area contributed by atoms with Crippen LogP contribution in [0.5, 0.6) is 0 Å². The summed E-state index contributed by atoms with van der Waals surface area (Å²) in [6.45, 7) is 1.26. The number of isocyanates is 2. The standard InChI is InChI=1S/C14H12F12N2O2/c1-8(27-6-29)4-2-3-5-9(15,16)10(17,18)11(19,20)12(21,22)13(23,28-7-30)14(24,25)26/h8H,2-5H2,1H3. The number of alkyl halides is 12. The summed E-state index contributed by atoms with van der Waals surface area (Å²) < 4.78 is 160. The molecular weight excluding hydrogens is 456 g/mol. The van der Waals surface area contributed by atoms with Gasteiger partial charge < -0.3 is 0 Å². The van der Waals surface area contributed by atoms with Crippen LogP contribution >= 0.6 is 0 Å². The van der Waals surface area contributed by atoms with E-state index in [4.69, 9.17) is 0 Å². The van der Waals surface area contributed by atoms with Crippen LogP contribution < -0.4 is 0 Å². The number of hydrogen-bond acceptors (Lipinski definition) is 4. The van der Waals surface area contributed by atoms with Gasteiger partial charge in [0.2, 0.25) is 12.2 Å². The monoisotopic (exact) mass is 468 g/mol. The van der Waals surface area contributed by atoms with Crippen LogP contribution in [0.2, 0.25) is 0 Å². The van der Waals surface area contributed by atoms with Gasteiger partial charge in [-0.2, -0.15) is 52.7 Å². The van der Waals surface area contributed by atoms with E-state index in [9.17, 15) is 62.3 Å². The first kappa shape index (κ1) is 27.9. The lowest BCUT2D eigenvalue weighted by Crippen LogP contribution is -2.70. The molecule has 2 atom stereocenters. The van der Waals surface area contributed by atoms with Crippen LogP contribution in [0, 0.1) is 0 Å². The third-order valence-corrected chi connectivity index (χ3v) is 3.88. The highest BCUT2D eigenvalue weighted by atomic mass is 19.4. The Hall–Kier alpha value is -2.08. The maximum Gasteiger partial charge on any atom is 0.451 e. The molecule has 0 aromatic heterocycles. The molecule has 4 nitrogen and oxygen atoms in total. The molecule has 2 unspecified atom stereocenters. The second-order valence-electron chi connectivity index (χ2n) is 6.07. The normalized spacial score (nSPS) is 16.8. The molecule has 0 spiro atoms. The van der Waals surface area contributed by atoms with Crippen molar-refractivity contribution >= 4 is 12.2 Å². The van der Waals surface area contributed by atoms with Gasteiger partial charge in [0, 0.05) is 6.42 Å². The summed E-state index contributed by atoms with van der Waals surface area (Å²) in [4.78, 5) is 23.6. The number of nitrogens with zero attached hydrogens (tertiary/aromatic N) is 2. The van der Waals surface area contributed by atoms with Crippen molar-refractivity contribution in [1.29, 1.82) is 0 Å². The Morgan fingerprint density at radius 1 is 0.733 bits per heavy atom. The van der Waals surface area contributed by atoms with Crippen LogP contribution in [0.3, 0.4) is 0 Å². The van der Waals surface area contributed by atoms with E-state index in [1.807, 2.05) is 0 Å². The van der Waals surface area contributed by atoms with Crippen LogP contribution in [-0.2, 0) is 9.59 Å². The van der Waals surface area contributed by atoms with Gasteiger partial charge in [-0.05, 0) is 19.8 Å². The second-order valence-corrected chi connectivity index (χ2v) is 6.07. The summed E-state index contributed by atoms with van der Waals surface area (Å²) in [7, 11) is 0. The first-order valence-corrected chi connectivity index (χ1v) is 7.69. The lowest BCUT2D eigenvalue weighted by molar-refractivity contribution is -0.414. The number of unbranched alkanes of at least 4 members (excludes halogenated alkanes) is 1. The van der Waals surface area contributed by atoms with Gasteiger partial charge in [-0.15, -0.1) is 4.99 Å². The van der Waals surface area contributed by atoms with Gasteiger partial charge in [0.15, 0.2) is 0 Å². The fraction of sp³-hybridized carbons (Fsp3) is 0.857. The zero-order valence-electron chi connectivity index (χ0n) is 14.7. The van der Waals surface area contributed by atoms with Crippen LogP contribution in [0.1, 0.15) is 32.6 Å². The van der Waals surface area contributed by atoms with Crippen molar-refractivity contribution in [2.24, 2.45) is 9.98 Å². The maximum atomic E-state index is 13.6. The summed E-state index contributed by atoms with van der Waals surface area (Å²) >= 11 is 0. The van der Waals surface area contributed by atoms with E-state index in [2.05, 4.69) is 4.99 Å². The van der Waals surface area contributed by atoms with E-state index >= 15 is 0 Å². The van der Waals surface area contributed by atoms with Gasteiger partial charge in [-0.25, -0.2) is 14.6 Å². The molecule has 0 saturated heterocycles. The molecule has 0 aliphatic heterocycles. The molecule has 16 heteroatoms. The SMILES string of the molecule is CC(CCCCC(F)(F)C(F)(F)C(F)(F)C(F)(F)C(F)(N=C=O)C(F)(F)F)N=C=O. The molecule has 174 valence electrons. The van der Waals surface area contributed by atoms with Gasteiger partial charge >= 0.3 is 35.7 Å². The van der Waals surface area contributed by atoms with Gasteiger partial charge in [0.05, 0.1) is 6.04 Å². The first-order chi connectivity index (χ1) is 13.3. The molecule has 0 fully saturated rings. The Morgan fingerprint density at radius 3 is 1.63 bits per heavy atom. The Labute approximate surface area is 160 Å². The fourth-order valence-corrected chi connectivity index (χ4v) is 2.11. The number of hydrogen-bond donors (Lipinski definition) is 0. The molecule has 0 radical (unpaired) electrons. The maximum absolute atomic E-state index is 13.6. The lowest BCUT2D eigenvalue weighted by atomic mass is 9.90. The smallest absolute Gasteiger partial charge is 0.211 e. The summed E-state index contributed by atoms with van der Waals surface area (Å²) in [5.41, 5.74) is 0. The minimum absolute atomic E-state index is 0.209. The third kappa shape index (κ3) is 4.80. The fourth-order valence-electron chi connectivity index (χ4n) is 2.11. The molecule has 0 aliphatic rings. The van der Waals surface area contributed by atoms with Gasteiger partial charge in [-0.3, -0.25) is 0 Å². The summed E-state index contributed by atoms with van der Waals surface area (Å²) in [6.07, 6.45) is -10.5. The van der Waals surface area contributed by atoms with Crippen molar-refractivity contribution in [2.45, 2.75) is 74.3 Å². The predicted molar refractivity (Wildman–Crippen MR) is 73.9 cm³/mol. The Kier molecular flexibility index (Phi) is 8.34. The zero-order valence-corrected chi connectivity index (χ0v) is 14.7. The number of carbonyl (C=O) groups excluding carboxylic acids is 2. The van der Waals surface area contributed by atoms with Crippen molar-refractivity contribution in [3.63, 3.8) is 0 Å².